The smallest absolute Gasteiger partial charge is 0.231 e. The second-order valence-electron chi connectivity index (χ2n) is 4.14. The van der Waals surface area contributed by atoms with Gasteiger partial charge in [-0.15, -0.1) is 6.58 Å². The molecular formula is C13H17NO3. The van der Waals surface area contributed by atoms with Gasteiger partial charge >= 0.3 is 0 Å². The number of fused-ring (bicyclic) bond motifs is 1. The molecule has 0 radical (unpaired) electrons. The third-order valence-electron chi connectivity index (χ3n) is 2.74. The Morgan fingerprint density at radius 2 is 2.18 bits per heavy atom. The Balaban J connectivity index is 2.03. The summed E-state index contributed by atoms with van der Waals surface area (Å²) >= 11 is 0. The first-order valence-electron chi connectivity index (χ1n) is 5.66. The Kier molecular flexibility index (Phi) is 3.54. The summed E-state index contributed by atoms with van der Waals surface area (Å²) < 4.78 is 10.5. The van der Waals surface area contributed by atoms with E-state index in [1.54, 1.807) is 6.07 Å². The van der Waals surface area contributed by atoms with Crippen LogP contribution in [0.5, 0.6) is 17.2 Å². The summed E-state index contributed by atoms with van der Waals surface area (Å²) in [5, 5.41) is 13.1. The van der Waals surface area contributed by atoms with Crippen LogP contribution in [0, 0.1) is 0 Å². The van der Waals surface area contributed by atoms with E-state index in [-0.39, 0.29) is 12.5 Å². The van der Waals surface area contributed by atoms with E-state index in [1.807, 2.05) is 12.1 Å². The predicted octanol–water partition coefficient (Wildman–Crippen LogP) is 2.18. The van der Waals surface area contributed by atoms with Crippen molar-refractivity contribution in [3.8, 4) is 17.2 Å². The van der Waals surface area contributed by atoms with Crippen LogP contribution in [-0.4, -0.2) is 17.9 Å². The molecule has 1 atom stereocenters. The SMILES string of the molecule is C=CCC(C)NCc1cc2c(cc1O)OCO2. The molecule has 2 N–H and O–H groups in total. The van der Waals surface area contributed by atoms with Gasteiger partial charge in [0.15, 0.2) is 11.5 Å². The number of rotatable bonds is 5. The molecule has 0 saturated heterocycles. The lowest BCUT2D eigenvalue weighted by atomic mass is 10.1. The van der Waals surface area contributed by atoms with Gasteiger partial charge in [-0.05, 0) is 19.4 Å². The first-order valence-corrected chi connectivity index (χ1v) is 5.66. The number of phenolic OH excluding ortho intramolecular Hbond substituents is 1. The van der Waals surface area contributed by atoms with E-state index in [1.165, 1.54) is 0 Å². The lowest BCUT2D eigenvalue weighted by Gasteiger charge is -2.12. The molecule has 1 aromatic carbocycles. The van der Waals surface area contributed by atoms with Crippen LogP contribution in [0.3, 0.4) is 0 Å². The van der Waals surface area contributed by atoms with Gasteiger partial charge in [0.1, 0.15) is 5.75 Å². The molecule has 4 nitrogen and oxygen atoms in total. The van der Waals surface area contributed by atoms with Crippen molar-refractivity contribution in [2.45, 2.75) is 25.9 Å². The zero-order chi connectivity index (χ0) is 12.3. The summed E-state index contributed by atoms with van der Waals surface area (Å²) in [7, 11) is 0. The van der Waals surface area contributed by atoms with Crippen molar-refractivity contribution in [3.05, 3.63) is 30.4 Å². The zero-order valence-corrected chi connectivity index (χ0v) is 9.90. The highest BCUT2D eigenvalue weighted by Gasteiger charge is 2.16. The quantitative estimate of drug-likeness (QED) is 0.768. The number of benzene rings is 1. The average Bonchev–Trinajstić information content (AvgIpc) is 2.73. The second-order valence-corrected chi connectivity index (χ2v) is 4.14. The van der Waals surface area contributed by atoms with E-state index in [0.717, 1.165) is 12.0 Å². The summed E-state index contributed by atoms with van der Waals surface area (Å²) in [6.45, 7) is 6.59. The van der Waals surface area contributed by atoms with Crippen LogP contribution < -0.4 is 14.8 Å². The zero-order valence-electron chi connectivity index (χ0n) is 9.90. The predicted molar refractivity (Wildman–Crippen MR) is 65.3 cm³/mol. The van der Waals surface area contributed by atoms with Crippen molar-refractivity contribution >= 4 is 0 Å². The minimum Gasteiger partial charge on any atom is -0.507 e. The number of ether oxygens (including phenoxy) is 2. The van der Waals surface area contributed by atoms with Crippen LogP contribution in [0.1, 0.15) is 18.9 Å². The molecule has 1 aliphatic heterocycles. The Bertz CT molecular complexity index is 417. The van der Waals surface area contributed by atoms with E-state index < -0.39 is 0 Å². The van der Waals surface area contributed by atoms with Gasteiger partial charge in [0.2, 0.25) is 6.79 Å². The summed E-state index contributed by atoms with van der Waals surface area (Å²) in [5.41, 5.74) is 0.810. The minimum absolute atomic E-state index is 0.221. The molecular weight excluding hydrogens is 218 g/mol. The van der Waals surface area contributed by atoms with Crippen molar-refractivity contribution in [1.29, 1.82) is 0 Å². The number of phenols is 1. The van der Waals surface area contributed by atoms with Gasteiger partial charge in [-0.1, -0.05) is 6.08 Å². The molecule has 0 aliphatic carbocycles. The number of hydrogen-bond acceptors (Lipinski definition) is 4. The van der Waals surface area contributed by atoms with Crippen LogP contribution in [0.4, 0.5) is 0 Å². The van der Waals surface area contributed by atoms with Crippen molar-refractivity contribution in [2.24, 2.45) is 0 Å². The van der Waals surface area contributed by atoms with Gasteiger partial charge < -0.3 is 19.9 Å². The fourth-order valence-electron chi connectivity index (χ4n) is 1.73. The number of hydrogen-bond donors (Lipinski definition) is 2. The molecule has 0 aromatic heterocycles. The maximum absolute atomic E-state index is 9.82. The molecule has 1 aliphatic rings. The Morgan fingerprint density at radius 3 is 2.88 bits per heavy atom. The maximum Gasteiger partial charge on any atom is 0.231 e. The second kappa shape index (κ2) is 5.10. The topological polar surface area (TPSA) is 50.7 Å². The first-order chi connectivity index (χ1) is 8.20. The molecule has 1 unspecified atom stereocenters. The molecule has 1 heterocycles. The van der Waals surface area contributed by atoms with Crippen LogP contribution in [-0.2, 0) is 6.54 Å². The van der Waals surface area contributed by atoms with Crippen LogP contribution >= 0.6 is 0 Å². The molecule has 2 rings (SSSR count). The summed E-state index contributed by atoms with van der Waals surface area (Å²) in [4.78, 5) is 0. The Morgan fingerprint density at radius 1 is 1.47 bits per heavy atom. The molecule has 1 aromatic rings. The minimum atomic E-state index is 0.221. The van der Waals surface area contributed by atoms with E-state index in [4.69, 9.17) is 9.47 Å². The fourth-order valence-corrected chi connectivity index (χ4v) is 1.73. The highest BCUT2D eigenvalue weighted by molar-refractivity contribution is 5.51. The van der Waals surface area contributed by atoms with Crippen LogP contribution in [0.15, 0.2) is 24.8 Å². The van der Waals surface area contributed by atoms with Gasteiger partial charge in [0.05, 0.1) is 0 Å². The molecule has 0 saturated carbocycles. The van der Waals surface area contributed by atoms with Crippen molar-refractivity contribution < 1.29 is 14.6 Å². The standard InChI is InChI=1S/C13H17NO3/c1-3-4-9(2)14-7-10-5-12-13(6-11(10)15)17-8-16-12/h3,5-6,9,14-15H,1,4,7-8H2,2H3. The molecule has 4 heteroatoms. The normalized spacial score (nSPS) is 14.6. The highest BCUT2D eigenvalue weighted by Crippen LogP contribution is 2.37. The third kappa shape index (κ3) is 2.71. The molecule has 0 bridgehead atoms. The van der Waals surface area contributed by atoms with Gasteiger partial charge in [-0.2, -0.15) is 0 Å². The lowest BCUT2D eigenvalue weighted by molar-refractivity contribution is 0.174. The van der Waals surface area contributed by atoms with Crippen molar-refractivity contribution in [1.82, 2.24) is 5.32 Å². The van der Waals surface area contributed by atoms with Gasteiger partial charge in [-0.3, -0.25) is 0 Å². The van der Waals surface area contributed by atoms with Crippen LogP contribution in [0.25, 0.3) is 0 Å². The monoisotopic (exact) mass is 235 g/mol. The van der Waals surface area contributed by atoms with Crippen molar-refractivity contribution in [3.63, 3.8) is 0 Å². The maximum atomic E-state index is 9.82. The number of aromatic hydroxyl groups is 1. The molecule has 92 valence electrons. The summed E-state index contributed by atoms with van der Waals surface area (Å²) in [6.07, 6.45) is 2.77. The van der Waals surface area contributed by atoms with Gasteiger partial charge in [0.25, 0.3) is 0 Å². The molecule has 0 fully saturated rings. The third-order valence-corrected chi connectivity index (χ3v) is 2.74. The summed E-state index contributed by atoms with van der Waals surface area (Å²) in [5.74, 6) is 1.52. The van der Waals surface area contributed by atoms with E-state index in [9.17, 15) is 5.11 Å². The fraction of sp³-hybridized carbons (Fsp3) is 0.385. The first kappa shape index (κ1) is 11.8. The van der Waals surface area contributed by atoms with Gasteiger partial charge in [0, 0.05) is 24.2 Å². The van der Waals surface area contributed by atoms with E-state index in [0.29, 0.717) is 24.1 Å². The van der Waals surface area contributed by atoms with Gasteiger partial charge in [-0.25, -0.2) is 0 Å². The molecule has 17 heavy (non-hydrogen) atoms. The van der Waals surface area contributed by atoms with Crippen LogP contribution in [0.2, 0.25) is 0 Å². The Hall–Kier alpha value is -1.68. The lowest BCUT2D eigenvalue weighted by Crippen LogP contribution is -2.24. The largest absolute Gasteiger partial charge is 0.507 e. The molecule has 0 spiro atoms. The van der Waals surface area contributed by atoms with Crippen molar-refractivity contribution in [2.75, 3.05) is 6.79 Å². The number of nitrogens with one attached hydrogen (secondary N) is 1. The van der Waals surface area contributed by atoms with E-state index >= 15 is 0 Å². The molecule has 0 amide bonds. The highest BCUT2D eigenvalue weighted by atomic mass is 16.7. The summed E-state index contributed by atoms with van der Waals surface area (Å²) in [6, 6.07) is 3.74. The average molecular weight is 235 g/mol. The van der Waals surface area contributed by atoms with E-state index in [2.05, 4.69) is 18.8 Å². The Labute approximate surface area is 101 Å².